The van der Waals surface area contributed by atoms with Gasteiger partial charge in [-0.1, -0.05) is 0 Å². The van der Waals surface area contributed by atoms with E-state index >= 15 is 0 Å². The standard InChI is InChI=1S/C10H18O4/c1-4-12-10(13-5-2)7-6-9(10)14-8(3)11/h9H,4-7H2,1-3H3/t9-/m1/s1. The normalized spacial score (nSPS) is 24.1. The van der Waals surface area contributed by atoms with Crippen LogP contribution in [0.1, 0.15) is 33.6 Å². The minimum Gasteiger partial charge on any atom is -0.457 e. The Balaban J connectivity index is 2.54. The van der Waals surface area contributed by atoms with E-state index in [9.17, 15) is 4.79 Å². The summed E-state index contributed by atoms with van der Waals surface area (Å²) in [6, 6.07) is 0. The third-order valence-corrected chi connectivity index (χ3v) is 2.33. The van der Waals surface area contributed by atoms with Gasteiger partial charge in [-0.3, -0.25) is 4.79 Å². The lowest BCUT2D eigenvalue weighted by atomic mass is 9.87. The molecule has 14 heavy (non-hydrogen) atoms. The first-order chi connectivity index (χ1) is 6.64. The van der Waals surface area contributed by atoms with Crippen LogP contribution in [0.3, 0.4) is 0 Å². The molecule has 0 bridgehead atoms. The highest BCUT2D eigenvalue weighted by atomic mass is 16.7. The molecule has 0 aromatic carbocycles. The van der Waals surface area contributed by atoms with E-state index in [0.717, 1.165) is 12.8 Å². The van der Waals surface area contributed by atoms with Crippen molar-refractivity contribution in [3.63, 3.8) is 0 Å². The predicted octanol–water partition coefficient (Wildman–Crippen LogP) is 1.48. The van der Waals surface area contributed by atoms with E-state index in [-0.39, 0.29) is 12.1 Å². The Labute approximate surface area is 84.5 Å². The van der Waals surface area contributed by atoms with Crippen LogP contribution in [0.15, 0.2) is 0 Å². The van der Waals surface area contributed by atoms with Crippen LogP contribution in [0.4, 0.5) is 0 Å². The molecule has 0 N–H and O–H groups in total. The zero-order valence-corrected chi connectivity index (χ0v) is 9.04. The maximum Gasteiger partial charge on any atom is 0.303 e. The van der Waals surface area contributed by atoms with Crippen LogP contribution >= 0.6 is 0 Å². The molecule has 0 spiro atoms. The second-order valence-corrected chi connectivity index (χ2v) is 3.31. The second-order valence-electron chi connectivity index (χ2n) is 3.31. The molecule has 1 saturated carbocycles. The van der Waals surface area contributed by atoms with Gasteiger partial charge < -0.3 is 14.2 Å². The Bertz CT molecular complexity index is 196. The number of carbonyl (C=O) groups excluding carboxylic acids is 1. The van der Waals surface area contributed by atoms with Crippen LogP contribution in [-0.4, -0.2) is 31.1 Å². The molecular weight excluding hydrogens is 184 g/mol. The van der Waals surface area contributed by atoms with Crippen molar-refractivity contribution >= 4 is 5.97 Å². The summed E-state index contributed by atoms with van der Waals surface area (Å²) in [7, 11) is 0. The smallest absolute Gasteiger partial charge is 0.303 e. The summed E-state index contributed by atoms with van der Waals surface area (Å²) in [5.74, 6) is -0.951. The summed E-state index contributed by atoms with van der Waals surface area (Å²) in [5, 5.41) is 0. The fourth-order valence-corrected chi connectivity index (χ4v) is 1.71. The van der Waals surface area contributed by atoms with Crippen molar-refractivity contribution in [3.8, 4) is 0 Å². The van der Waals surface area contributed by atoms with Gasteiger partial charge in [0.15, 0.2) is 6.10 Å². The second kappa shape index (κ2) is 4.75. The Morgan fingerprint density at radius 3 is 2.21 bits per heavy atom. The third-order valence-electron chi connectivity index (χ3n) is 2.33. The molecule has 0 amide bonds. The van der Waals surface area contributed by atoms with Crippen LogP contribution in [-0.2, 0) is 19.0 Å². The first-order valence-electron chi connectivity index (χ1n) is 5.09. The van der Waals surface area contributed by atoms with Crippen LogP contribution in [0.5, 0.6) is 0 Å². The fraction of sp³-hybridized carbons (Fsp3) is 0.900. The summed E-state index contributed by atoms with van der Waals surface area (Å²) in [4.78, 5) is 10.8. The molecule has 0 saturated heterocycles. The van der Waals surface area contributed by atoms with Gasteiger partial charge in [-0.05, 0) is 20.3 Å². The van der Waals surface area contributed by atoms with E-state index in [2.05, 4.69) is 0 Å². The van der Waals surface area contributed by atoms with E-state index in [1.165, 1.54) is 6.92 Å². The van der Waals surface area contributed by atoms with E-state index in [4.69, 9.17) is 14.2 Å². The van der Waals surface area contributed by atoms with E-state index in [0.29, 0.717) is 13.2 Å². The van der Waals surface area contributed by atoms with Gasteiger partial charge in [0.1, 0.15) is 0 Å². The first-order valence-corrected chi connectivity index (χ1v) is 5.09. The number of hydrogen-bond acceptors (Lipinski definition) is 4. The number of esters is 1. The van der Waals surface area contributed by atoms with Crippen LogP contribution < -0.4 is 0 Å². The summed E-state index contributed by atoms with van der Waals surface area (Å²) in [6.07, 6.45) is 1.38. The van der Waals surface area contributed by atoms with Crippen LogP contribution in [0.25, 0.3) is 0 Å². The highest BCUT2D eigenvalue weighted by molar-refractivity contribution is 5.66. The number of carbonyl (C=O) groups is 1. The molecule has 0 heterocycles. The lowest BCUT2D eigenvalue weighted by Gasteiger charge is -2.46. The summed E-state index contributed by atoms with van der Waals surface area (Å²) >= 11 is 0. The average Bonchev–Trinajstić information content (AvgIpc) is 2.12. The van der Waals surface area contributed by atoms with Crippen molar-refractivity contribution in [2.45, 2.75) is 45.5 Å². The zero-order chi connectivity index (χ0) is 10.6. The number of rotatable bonds is 5. The summed E-state index contributed by atoms with van der Waals surface area (Å²) in [5.41, 5.74) is 0. The zero-order valence-electron chi connectivity index (χ0n) is 9.04. The Morgan fingerprint density at radius 1 is 1.36 bits per heavy atom. The maximum atomic E-state index is 10.8. The maximum absolute atomic E-state index is 10.8. The Morgan fingerprint density at radius 2 is 1.93 bits per heavy atom. The summed E-state index contributed by atoms with van der Waals surface area (Å²) < 4.78 is 16.2. The molecule has 0 aliphatic heterocycles. The van der Waals surface area contributed by atoms with Gasteiger partial charge in [-0.2, -0.15) is 0 Å². The van der Waals surface area contributed by atoms with Crippen molar-refractivity contribution in [1.82, 2.24) is 0 Å². The topological polar surface area (TPSA) is 44.8 Å². The highest BCUT2D eigenvalue weighted by Gasteiger charge is 2.51. The van der Waals surface area contributed by atoms with Crippen LogP contribution in [0, 0.1) is 0 Å². The predicted molar refractivity (Wildman–Crippen MR) is 50.8 cm³/mol. The highest BCUT2D eigenvalue weighted by Crippen LogP contribution is 2.39. The minimum atomic E-state index is -0.671. The Hall–Kier alpha value is -0.610. The molecule has 1 atom stereocenters. The molecule has 1 aliphatic rings. The van der Waals surface area contributed by atoms with E-state index < -0.39 is 5.79 Å². The lowest BCUT2D eigenvalue weighted by Crippen LogP contribution is -2.57. The lowest BCUT2D eigenvalue weighted by molar-refractivity contribution is -0.326. The molecule has 0 aromatic heterocycles. The molecule has 1 rings (SSSR count). The van der Waals surface area contributed by atoms with Gasteiger partial charge in [0.05, 0.1) is 0 Å². The molecule has 0 aromatic rings. The Kier molecular flexibility index (Phi) is 3.89. The summed E-state index contributed by atoms with van der Waals surface area (Å²) in [6.45, 7) is 6.35. The third kappa shape index (κ3) is 2.25. The number of ether oxygens (including phenoxy) is 3. The van der Waals surface area contributed by atoms with Crippen LogP contribution in [0.2, 0.25) is 0 Å². The van der Waals surface area contributed by atoms with Crippen molar-refractivity contribution in [3.05, 3.63) is 0 Å². The molecular formula is C10H18O4. The molecule has 0 radical (unpaired) electrons. The van der Waals surface area contributed by atoms with Gasteiger partial charge in [0.25, 0.3) is 0 Å². The SMILES string of the molecule is CCOC1(OCC)CC[C@H]1OC(C)=O. The van der Waals surface area contributed by atoms with Crippen molar-refractivity contribution in [2.75, 3.05) is 13.2 Å². The molecule has 4 heteroatoms. The van der Waals surface area contributed by atoms with E-state index in [1.54, 1.807) is 0 Å². The fourth-order valence-electron chi connectivity index (χ4n) is 1.71. The minimum absolute atomic E-state index is 0.236. The molecule has 1 fully saturated rings. The largest absolute Gasteiger partial charge is 0.457 e. The number of hydrogen-bond donors (Lipinski definition) is 0. The monoisotopic (exact) mass is 202 g/mol. The molecule has 1 aliphatic carbocycles. The van der Waals surface area contributed by atoms with Gasteiger partial charge in [0.2, 0.25) is 5.79 Å². The average molecular weight is 202 g/mol. The molecule has 0 unspecified atom stereocenters. The van der Waals surface area contributed by atoms with Gasteiger partial charge in [0, 0.05) is 26.6 Å². The van der Waals surface area contributed by atoms with E-state index in [1.807, 2.05) is 13.8 Å². The van der Waals surface area contributed by atoms with Gasteiger partial charge in [-0.25, -0.2) is 0 Å². The molecule has 82 valence electrons. The van der Waals surface area contributed by atoms with Crippen molar-refractivity contribution in [1.29, 1.82) is 0 Å². The van der Waals surface area contributed by atoms with Crippen molar-refractivity contribution in [2.24, 2.45) is 0 Å². The van der Waals surface area contributed by atoms with Crippen molar-refractivity contribution < 1.29 is 19.0 Å². The van der Waals surface area contributed by atoms with Gasteiger partial charge in [-0.15, -0.1) is 0 Å². The first kappa shape index (κ1) is 11.5. The van der Waals surface area contributed by atoms with Gasteiger partial charge >= 0.3 is 5.97 Å². The quantitative estimate of drug-likeness (QED) is 0.500. The molecule has 4 nitrogen and oxygen atoms in total.